The summed E-state index contributed by atoms with van der Waals surface area (Å²) in [6, 6.07) is 6.41. The first-order chi connectivity index (χ1) is 10.1. The maximum absolute atomic E-state index is 5.86. The molecular formula is C15H20BrN3O2. The van der Waals surface area contributed by atoms with Crippen molar-refractivity contribution < 1.29 is 9.26 Å². The summed E-state index contributed by atoms with van der Waals surface area (Å²) in [5.41, 5.74) is 1.09. The fourth-order valence-electron chi connectivity index (χ4n) is 1.79. The van der Waals surface area contributed by atoms with Crippen LogP contribution in [-0.4, -0.2) is 16.2 Å². The smallest absolute Gasteiger partial charge is 0.264 e. The van der Waals surface area contributed by atoms with Crippen molar-refractivity contribution in [2.75, 3.05) is 0 Å². The SMILES string of the molecule is CCc1noc(COc2c(Br)cccc2CNC(C)C)n1. The van der Waals surface area contributed by atoms with Gasteiger partial charge in [-0.25, -0.2) is 0 Å². The number of benzene rings is 1. The van der Waals surface area contributed by atoms with Crippen molar-refractivity contribution in [2.45, 2.75) is 46.4 Å². The van der Waals surface area contributed by atoms with Crippen LogP contribution in [-0.2, 0) is 19.6 Å². The molecule has 1 heterocycles. The number of para-hydroxylation sites is 1. The van der Waals surface area contributed by atoms with E-state index in [1.807, 2.05) is 25.1 Å². The average Bonchev–Trinajstić information content (AvgIpc) is 2.92. The summed E-state index contributed by atoms with van der Waals surface area (Å²) in [7, 11) is 0. The lowest BCUT2D eigenvalue weighted by atomic mass is 10.2. The van der Waals surface area contributed by atoms with E-state index in [1.165, 1.54) is 0 Å². The topological polar surface area (TPSA) is 60.2 Å². The highest BCUT2D eigenvalue weighted by Crippen LogP contribution is 2.29. The second-order valence-corrected chi connectivity index (χ2v) is 5.86. The van der Waals surface area contributed by atoms with Crippen molar-refractivity contribution in [1.29, 1.82) is 0 Å². The molecule has 0 saturated heterocycles. The first-order valence-corrected chi connectivity index (χ1v) is 7.84. The zero-order valence-electron chi connectivity index (χ0n) is 12.5. The highest BCUT2D eigenvalue weighted by atomic mass is 79.9. The van der Waals surface area contributed by atoms with Crippen LogP contribution in [0, 0.1) is 0 Å². The van der Waals surface area contributed by atoms with Crippen LogP contribution in [0.25, 0.3) is 0 Å². The fraction of sp³-hybridized carbons (Fsp3) is 0.467. The van der Waals surface area contributed by atoms with Crippen molar-refractivity contribution in [3.63, 3.8) is 0 Å². The van der Waals surface area contributed by atoms with Gasteiger partial charge in [0, 0.05) is 24.6 Å². The van der Waals surface area contributed by atoms with Gasteiger partial charge in [-0.05, 0) is 22.0 Å². The number of aryl methyl sites for hydroxylation is 1. The van der Waals surface area contributed by atoms with Crippen molar-refractivity contribution in [3.05, 3.63) is 40.0 Å². The summed E-state index contributed by atoms with van der Waals surface area (Å²) in [5, 5.41) is 7.25. The Morgan fingerprint density at radius 1 is 1.38 bits per heavy atom. The van der Waals surface area contributed by atoms with E-state index in [2.05, 4.69) is 45.2 Å². The number of nitrogens with one attached hydrogen (secondary N) is 1. The van der Waals surface area contributed by atoms with Crippen LogP contribution in [0.1, 0.15) is 38.0 Å². The third kappa shape index (κ3) is 4.54. The summed E-state index contributed by atoms with van der Waals surface area (Å²) in [6.07, 6.45) is 0.752. The zero-order chi connectivity index (χ0) is 15.2. The lowest BCUT2D eigenvalue weighted by molar-refractivity contribution is 0.239. The summed E-state index contributed by atoms with van der Waals surface area (Å²) in [4.78, 5) is 4.24. The first kappa shape index (κ1) is 16.0. The lowest BCUT2D eigenvalue weighted by Gasteiger charge is -2.14. The highest BCUT2D eigenvalue weighted by molar-refractivity contribution is 9.10. The molecule has 0 saturated carbocycles. The molecule has 0 aliphatic rings. The number of ether oxygens (including phenoxy) is 1. The van der Waals surface area contributed by atoms with Gasteiger partial charge in [0.15, 0.2) is 12.4 Å². The van der Waals surface area contributed by atoms with Crippen molar-refractivity contribution in [2.24, 2.45) is 0 Å². The van der Waals surface area contributed by atoms with Crippen LogP contribution < -0.4 is 10.1 Å². The first-order valence-electron chi connectivity index (χ1n) is 7.05. The largest absolute Gasteiger partial charge is 0.482 e. The number of hydrogen-bond donors (Lipinski definition) is 1. The third-order valence-electron chi connectivity index (χ3n) is 2.92. The Labute approximate surface area is 133 Å². The van der Waals surface area contributed by atoms with Gasteiger partial charge in [-0.15, -0.1) is 0 Å². The summed E-state index contributed by atoms with van der Waals surface area (Å²) in [5.74, 6) is 2.00. The minimum atomic E-state index is 0.268. The maximum Gasteiger partial charge on any atom is 0.264 e. The summed E-state index contributed by atoms with van der Waals surface area (Å²) in [6.45, 7) is 7.23. The van der Waals surface area contributed by atoms with Crippen LogP contribution in [0.15, 0.2) is 27.2 Å². The molecule has 5 nitrogen and oxygen atoms in total. The Kier molecular flexibility index (Phi) is 5.76. The molecule has 1 aromatic heterocycles. The van der Waals surface area contributed by atoms with Gasteiger partial charge in [0.1, 0.15) is 5.75 Å². The molecule has 0 fully saturated rings. The quantitative estimate of drug-likeness (QED) is 0.825. The Morgan fingerprint density at radius 2 is 2.19 bits per heavy atom. The van der Waals surface area contributed by atoms with Crippen LogP contribution in [0.2, 0.25) is 0 Å². The monoisotopic (exact) mass is 353 g/mol. The average molecular weight is 354 g/mol. The van der Waals surface area contributed by atoms with Crippen molar-refractivity contribution in [1.82, 2.24) is 15.5 Å². The maximum atomic E-state index is 5.86. The van der Waals surface area contributed by atoms with Gasteiger partial charge in [-0.3, -0.25) is 0 Å². The van der Waals surface area contributed by atoms with Crippen LogP contribution in [0.3, 0.4) is 0 Å². The van der Waals surface area contributed by atoms with Gasteiger partial charge in [-0.1, -0.05) is 38.1 Å². The second kappa shape index (κ2) is 7.56. The molecular weight excluding hydrogens is 334 g/mol. The van der Waals surface area contributed by atoms with E-state index in [0.717, 1.165) is 28.8 Å². The number of halogens is 1. The predicted octanol–water partition coefficient (Wildman–Crippen LogP) is 3.47. The summed E-state index contributed by atoms with van der Waals surface area (Å²) < 4.78 is 11.9. The molecule has 0 atom stereocenters. The molecule has 1 aromatic carbocycles. The van der Waals surface area contributed by atoms with E-state index in [0.29, 0.717) is 17.8 Å². The van der Waals surface area contributed by atoms with Gasteiger partial charge in [-0.2, -0.15) is 4.98 Å². The summed E-state index contributed by atoms with van der Waals surface area (Å²) >= 11 is 3.53. The van der Waals surface area contributed by atoms with E-state index in [1.54, 1.807) is 0 Å². The Balaban J connectivity index is 2.07. The molecule has 0 radical (unpaired) electrons. The second-order valence-electron chi connectivity index (χ2n) is 5.01. The van der Waals surface area contributed by atoms with Gasteiger partial charge >= 0.3 is 0 Å². The van der Waals surface area contributed by atoms with E-state index >= 15 is 0 Å². The van der Waals surface area contributed by atoms with Gasteiger partial charge in [0.25, 0.3) is 5.89 Å². The molecule has 2 rings (SSSR count). The van der Waals surface area contributed by atoms with E-state index in [-0.39, 0.29) is 6.61 Å². The number of rotatable bonds is 7. The Bertz CT molecular complexity index is 584. The molecule has 6 heteroatoms. The van der Waals surface area contributed by atoms with E-state index in [9.17, 15) is 0 Å². The number of nitrogens with zero attached hydrogens (tertiary/aromatic N) is 2. The standard InChI is InChI=1S/C15H20BrN3O2/c1-4-13-18-14(21-19-13)9-20-15-11(8-17-10(2)3)6-5-7-12(15)16/h5-7,10,17H,4,8-9H2,1-3H3. The van der Waals surface area contributed by atoms with E-state index in [4.69, 9.17) is 9.26 Å². The molecule has 2 aromatic rings. The molecule has 0 aliphatic carbocycles. The fourth-order valence-corrected chi connectivity index (χ4v) is 2.32. The van der Waals surface area contributed by atoms with Crippen LogP contribution >= 0.6 is 15.9 Å². The minimum absolute atomic E-state index is 0.268. The normalized spacial score (nSPS) is 11.1. The molecule has 0 amide bonds. The Morgan fingerprint density at radius 3 is 2.86 bits per heavy atom. The molecule has 0 aliphatic heterocycles. The van der Waals surface area contributed by atoms with Crippen molar-refractivity contribution in [3.8, 4) is 5.75 Å². The number of aromatic nitrogens is 2. The third-order valence-corrected chi connectivity index (χ3v) is 3.54. The molecule has 1 N–H and O–H groups in total. The predicted molar refractivity (Wildman–Crippen MR) is 84.1 cm³/mol. The van der Waals surface area contributed by atoms with Gasteiger partial charge < -0.3 is 14.6 Å². The molecule has 0 unspecified atom stereocenters. The number of hydrogen-bond acceptors (Lipinski definition) is 5. The van der Waals surface area contributed by atoms with Gasteiger partial charge in [0.05, 0.1) is 4.47 Å². The van der Waals surface area contributed by atoms with Crippen LogP contribution in [0.5, 0.6) is 5.75 Å². The molecule has 0 spiro atoms. The molecule has 21 heavy (non-hydrogen) atoms. The minimum Gasteiger partial charge on any atom is -0.482 e. The lowest BCUT2D eigenvalue weighted by Crippen LogP contribution is -2.22. The zero-order valence-corrected chi connectivity index (χ0v) is 14.1. The van der Waals surface area contributed by atoms with Crippen LogP contribution in [0.4, 0.5) is 0 Å². The van der Waals surface area contributed by atoms with Crippen molar-refractivity contribution >= 4 is 15.9 Å². The highest BCUT2D eigenvalue weighted by Gasteiger charge is 2.11. The Hall–Kier alpha value is -1.40. The van der Waals surface area contributed by atoms with Gasteiger partial charge in [0.2, 0.25) is 0 Å². The molecule has 0 bridgehead atoms. The van der Waals surface area contributed by atoms with E-state index < -0.39 is 0 Å². The molecule has 114 valence electrons.